The van der Waals surface area contributed by atoms with Crippen molar-refractivity contribution in [1.82, 2.24) is 19.5 Å². The molecule has 0 radical (unpaired) electrons. The Hall–Kier alpha value is -1.93. The van der Waals surface area contributed by atoms with Gasteiger partial charge in [0, 0.05) is 13.1 Å². The molecule has 7 nitrogen and oxygen atoms in total. The maximum atomic E-state index is 12.8. The normalized spacial score (nSPS) is 12.6. The topological polar surface area (TPSA) is 79.9 Å². The summed E-state index contributed by atoms with van der Waals surface area (Å²) in [7, 11) is -4.07. The fraction of sp³-hybridized carbons (Fsp3) is 0.471. The number of nitrogens with zero attached hydrogens (tertiary/aromatic N) is 5. The van der Waals surface area contributed by atoms with Crippen LogP contribution in [0.3, 0.4) is 0 Å². The van der Waals surface area contributed by atoms with Gasteiger partial charge in [0.25, 0.3) is 0 Å². The second-order valence-electron chi connectivity index (χ2n) is 6.88. The first-order valence-electron chi connectivity index (χ1n) is 8.36. The largest absolute Gasteiger partial charge is 0.361 e. The van der Waals surface area contributed by atoms with Gasteiger partial charge < -0.3 is 4.90 Å². The van der Waals surface area contributed by atoms with Crippen molar-refractivity contribution < 1.29 is 8.42 Å². The molecule has 0 bridgehead atoms. The summed E-state index contributed by atoms with van der Waals surface area (Å²) >= 11 is 6.07. The van der Waals surface area contributed by atoms with E-state index >= 15 is 0 Å². The van der Waals surface area contributed by atoms with Crippen molar-refractivity contribution in [2.45, 2.75) is 32.7 Å². The van der Waals surface area contributed by atoms with E-state index in [4.69, 9.17) is 11.6 Å². The van der Waals surface area contributed by atoms with Crippen molar-refractivity contribution in [3.63, 3.8) is 0 Å². The van der Waals surface area contributed by atoms with Crippen LogP contribution in [0.1, 0.15) is 33.4 Å². The van der Waals surface area contributed by atoms with E-state index in [-0.39, 0.29) is 10.2 Å². The van der Waals surface area contributed by atoms with Crippen molar-refractivity contribution in [1.29, 1.82) is 0 Å². The number of hydrogen-bond acceptors (Lipinski definition) is 4. The van der Waals surface area contributed by atoms with E-state index in [1.807, 2.05) is 4.90 Å². The molecule has 0 amide bonds. The van der Waals surface area contributed by atoms with Crippen LogP contribution in [-0.2, 0) is 10.0 Å². The van der Waals surface area contributed by atoms with Gasteiger partial charge in [-0.3, -0.25) is 0 Å². The van der Waals surface area contributed by atoms with Gasteiger partial charge in [0.2, 0.25) is 5.03 Å². The Kier molecular flexibility index (Phi) is 6.41. The average Bonchev–Trinajstić information content (AvgIpc) is 2.87. The van der Waals surface area contributed by atoms with Gasteiger partial charge in [0.15, 0.2) is 10.8 Å². The van der Waals surface area contributed by atoms with Crippen molar-refractivity contribution in [2.75, 3.05) is 13.1 Å². The Morgan fingerprint density at radius 2 is 1.88 bits per heavy atom. The Balaban J connectivity index is 2.44. The molecule has 0 saturated carbocycles. The summed E-state index contributed by atoms with van der Waals surface area (Å²) in [6, 6.07) is 3.31. The number of aromatic nitrogens is 3. The zero-order valence-electron chi connectivity index (χ0n) is 15.4. The highest BCUT2D eigenvalue weighted by molar-refractivity contribution is 7.90. The van der Waals surface area contributed by atoms with Crippen molar-refractivity contribution in [3.05, 3.63) is 29.6 Å². The molecule has 0 aliphatic carbocycles. The maximum absolute atomic E-state index is 12.8. The molecule has 2 aromatic rings. The van der Waals surface area contributed by atoms with E-state index < -0.39 is 10.0 Å². The minimum absolute atomic E-state index is 0.157. The summed E-state index contributed by atoms with van der Waals surface area (Å²) < 4.78 is 30.6. The van der Waals surface area contributed by atoms with E-state index in [9.17, 15) is 8.42 Å². The van der Waals surface area contributed by atoms with E-state index in [0.717, 1.165) is 0 Å². The van der Waals surface area contributed by atoms with Crippen LogP contribution in [0.15, 0.2) is 28.1 Å². The lowest BCUT2D eigenvalue weighted by molar-refractivity contribution is 0.336. The summed E-state index contributed by atoms with van der Waals surface area (Å²) in [5.41, 5.74) is 0.837. The minimum atomic E-state index is -4.07. The van der Waals surface area contributed by atoms with E-state index in [0.29, 0.717) is 36.3 Å². The van der Waals surface area contributed by atoms with Crippen LogP contribution >= 0.6 is 11.6 Å². The summed E-state index contributed by atoms with van der Waals surface area (Å²) in [6.07, 6.45) is 2.88. The molecule has 0 fully saturated rings. The fourth-order valence-corrected chi connectivity index (χ4v) is 3.94. The van der Waals surface area contributed by atoms with E-state index in [2.05, 4.69) is 48.8 Å². The molecule has 0 N–H and O–H groups in total. The van der Waals surface area contributed by atoms with Crippen LogP contribution < -0.4 is 0 Å². The van der Waals surface area contributed by atoms with Gasteiger partial charge in [-0.05, 0) is 30.0 Å². The molecule has 0 aromatic carbocycles. The van der Waals surface area contributed by atoms with Crippen LogP contribution in [0, 0.1) is 11.8 Å². The third-order valence-corrected chi connectivity index (χ3v) is 5.02. The molecule has 0 atom stereocenters. The standard InChI is InChI=1S/C17H24ClN5O2S/c1-6-14-7-8-15-20-16(18)17(23(15)21-14)26(24,25)19-11-22(9-12(2)3)10-13(4)5/h6-8,11-13H,1,9-10H2,2-5H3. The number of hydrogen-bond donors (Lipinski definition) is 0. The van der Waals surface area contributed by atoms with Gasteiger partial charge in [0.05, 0.1) is 5.69 Å². The Morgan fingerprint density at radius 1 is 1.27 bits per heavy atom. The lowest BCUT2D eigenvalue weighted by Crippen LogP contribution is -2.30. The quantitative estimate of drug-likeness (QED) is 0.504. The van der Waals surface area contributed by atoms with Gasteiger partial charge in [-0.25, -0.2) is 4.98 Å². The van der Waals surface area contributed by atoms with Gasteiger partial charge in [0.1, 0.15) is 6.34 Å². The second-order valence-corrected chi connectivity index (χ2v) is 8.78. The van der Waals surface area contributed by atoms with Crippen molar-refractivity contribution >= 4 is 39.7 Å². The molecule has 142 valence electrons. The third kappa shape index (κ3) is 4.82. The van der Waals surface area contributed by atoms with Gasteiger partial charge >= 0.3 is 10.0 Å². The highest BCUT2D eigenvalue weighted by atomic mass is 35.5. The van der Waals surface area contributed by atoms with Crippen LogP contribution in [-0.4, -0.2) is 47.3 Å². The van der Waals surface area contributed by atoms with Crippen LogP contribution in [0.25, 0.3) is 11.7 Å². The molecule has 2 rings (SSSR count). The highest BCUT2D eigenvalue weighted by Crippen LogP contribution is 2.23. The minimum Gasteiger partial charge on any atom is -0.361 e. The number of imidazole rings is 1. The Morgan fingerprint density at radius 3 is 2.42 bits per heavy atom. The molecular weight excluding hydrogens is 374 g/mol. The number of sulfonamides is 1. The fourth-order valence-electron chi connectivity index (χ4n) is 2.51. The van der Waals surface area contributed by atoms with Crippen LogP contribution in [0.5, 0.6) is 0 Å². The summed E-state index contributed by atoms with van der Waals surface area (Å²) in [5.74, 6) is 0.748. The molecule has 0 aliphatic heterocycles. The molecule has 0 aliphatic rings. The SMILES string of the molecule is C=Cc1ccc2nc(Cl)c(S(=O)(=O)N=CN(CC(C)C)CC(C)C)n2n1. The molecule has 2 heterocycles. The predicted molar refractivity (Wildman–Crippen MR) is 105 cm³/mol. The van der Waals surface area contributed by atoms with E-state index in [1.165, 1.54) is 16.9 Å². The zero-order valence-corrected chi connectivity index (χ0v) is 17.0. The summed E-state index contributed by atoms with van der Waals surface area (Å²) in [5, 5.41) is 3.79. The molecule has 0 unspecified atom stereocenters. The van der Waals surface area contributed by atoms with Gasteiger partial charge in [-0.15, -0.1) is 4.40 Å². The lowest BCUT2D eigenvalue weighted by Gasteiger charge is -2.23. The average molecular weight is 398 g/mol. The monoisotopic (exact) mass is 397 g/mol. The predicted octanol–water partition coefficient (Wildman–Crippen LogP) is 3.36. The molecule has 0 saturated heterocycles. The van der Waals surface area contributed by atoms with E-state index in [1.54, 1.807) is 12.1 Å². The smallest absolute Gasteiger partial charge is 0.304 e. The van der Waals surface area contributed by atoms with Crippen LogP contribution in [0.4, 0.5) is 0 Å². The highest BCUT2D eigenvalue weighted by Gasteiger charge is 2.25. The Bertz CT molecular complexity index is 909. The van der Waals surface area contributed by atoms with Crippen LogP contribution in [0.2, 0.25) is 5.15 Å². The van der Waals surface area contributed by atoms with Gasteiger partial charge in [-0.1, -0.05) is 45.9 Å². The summed E-state index contributed by atoms with van der Waals surface area (Å²) in [4.78, 5) is 5.94. The molecular formula is C17H24ClN5O2S. The number of halogens is 1. The second kappa shape index (κ2) is 8.18. The van der Waals surface area contributed by atoms with Crippen molar-refractivity contribution in [3.8, 4) is 0 Å². The third-order valence-electron chi connectivity index (χ3n) is 3.42. The first-order valence-corrected chi connectivity index (χ1v) is 10.2. The van der Waals surface area contributed by atoms with Crippen molar-refractivity contribution in [2.24, 2.45) is 16.2 Å². The number of fused-ring (bicyclic) bond motifs is 1. The Labute approximate surface area is 159 Å². The zero-order chi connectivity index (χ0) is 19.5. The first-order chi connectivity index (χ1) is 12.1. The molecule has 26 heavy (non-hydrogen) atoms. The molecule has 9 heteroatoms. The molecule has 2 aromatic heterocycles. The summed E-state index contributed by atoms with van der Waals surface area (Å²) in [6.45, 7) is 13.3. The number of rotatable bonds is 8. The van der Waals surface area contributed by atoms with Gasteiger partial charge in [-0.2, -0.15) is 18.0 Å². The first kappa shape index (κ1) is 20.4. The maximum Gasteiger partial charge on any atom is 0.304 e. The lowest BCUT2D eigenvalue weighted by atomic mass is 10.1. The molecule has 0 spiro atoms.